The first-order valence-electron chi connectivity index (χ1n) is 7.93. The van der Waals surface area contributed by atoms with Crippen LogP contribution >= 0.6 is 11.3 Å². The van der Waals surface area contributed by atoms with Crippen LogP contribution in [0.1, 0.15) is 38.6 Å². The molecule has 2 heterocycles. The van der Waals surface area contributed by atoms with E-state index in [0.717, 1.165) is 43.3 Å². The Hall–Kier alpha value is -2.00. The molecule has 1 N–H and O–H groups in total. The summed E-state index contributed by atoms with van der Waals surface area (Å²) in [6.07, 6.45) is 4.22. The number of aliphatic hydroxyl groups excluding tert-OH is 1. The first-order chi connectivity index (χ1) is 11.6. The largest absolute Gasteiger partial charge is 0.393 e. The Morgan fingerprint density at radius 1 is 1.29 bits per heavy atom. The fourth-order valence-electron chi connectivity index (χ4n) is 2.23. The number of aliphatic hydroxyl groups is 1. The predicted molar refractivity (Wildman–Crippen MR) is 97.4 cm³/mol. The molecule has 5 heteroatoms. The Labute approximate surface area is 147 Å². The van der Waals surface area contributed by atoms with E-state index >= 15 is 0 Å². The number of aryl methyl sites for hydroxylation is 1. The molecule has 2 aromatic rings. The van der Waals surface area contributed by atoms with Crippen molar-refractivity contribution in [2.75, 3.05) is 20.1 Å². The zero-order chi connectivity index (χ0) is 17.4. The molecule has 0 saturated carbocycles. The van der Waals surface area contributed by atoms with Crippen molar-refractivity contribution in [2.45, 2.75) is 25.9 Å². The minimum absolute atomic E-state index is 0.0220. The van der Waals surface area contributed by atoms with Gasteiger partial charge in [-0.05, 0) is 44.4 Å². The van der Waals surface area contributed by atoms with Crippen LogP contribution in [-0.4, -0.2) is 47.5 Å². The summed E-state index contributed by atoms with van der Waals surface area (Å²) in [7, 11) is 2.09. The number of carbonyl (C=O) groups is 1. The SMILES string of the molecule is CN1CCC(O)CC1.Cc1ccccc1C#Cc1ncc(C=O)s1. The topological polar surface area (TPSA) is 53.4 Å². The first-order valence-corrected chi connectivity index (χ1v) is 8.75. The van der Waals surface area contributed by atoms with Gasteiger partial charge in [-0.1, -0.05) is 24.1 Å². The number of hydrogen-bond acceptors (Lipinski definition) is 5. The zero-order valence-corrected chi connectivity index (χ0v) is 14.8. The van der Waals surface area contributed by atoms with Gasteiger partial charge < -0.3 is 10.0 Å². The summed E-state index contributed by atoms with van der Waals surface area (Å²) in [4.78, 5) is 17.4. The Balaban J connectivity index is 0.000000219. The fourth-order valence-corrected chi connectivity index (χ4v) is 2.81. The third kappa shape index (κ3) is 5.89. The molecule has 3 rings (SSSR count). The second kappa shape index (κ2) is 9.33. The van der Waals surface area contributed by atoms with Crippen LogP contribution in [0.25, 0.3) is 0 Å². The van der Waals surface area contributed by atoms with Crippen LogP contribution in [0.2, 0.25) is 0 Å². The van der Waals surface area contributed by atoms with Crippen molar-refractivity contribution >= 4 is 17.6 Å². The van der Waals surface area contributed by atoms with Crippen LogP contribution in [0.5, 0.6) is 0 Å². The van der Waals surface area contributed by atoms with Gasteiger partial charge in [-0.2, -0.15) is 0 Å². The maximum absolute atomic E-state index is 10.5. The molecule has 126 valence electrons. The zero-order valence-electron chi connectivity index (χ0n) is 14.0. The molecule has 4 nitrogen and oxygen atoms in total. The second-order valence-electron chi connectivity index (χ2n) is 5.79. The van der Waals surface area contributed by atoms with Gasteiger partial charge in [-0.15, -0.1) is 11.3 Å². The van der Waals surface area contributed by atoms with E-state index < -0.39 is 0 Å². The number of piperidine rings is 1. The van der Waals surface area contributed by atoms with Crippen molar-refractivity contribution in [1.29, 1.82) is 0 Å². The van der Waals surface area contributed by atoms with Crippen molar-refractivity contribution < 1.29 is 9.90 Å². The highest BCUT2D eigenvalue weighted by molar-refractivity contribution is 7.13. The molecule has 24 heavy (non-hydrogen) atoms. The van der Waals surface area contributed by atoms with Gasteiger partial charge in [0.1, 0.15) is 0 Å². The summed E-state index contributed by atoms with van der Waals surface area (Å²) in [5.74, 6) is 6.00. The molecule has 0 atom stereocenters. The Kier molecular flexibility index (Phi) is 7.13. The summed E-state index contributed by atoms with van der Waals surface area (Å²) in [5, 5.41) is 9.67. The summed E-state index contributed by atoms with van der Waals surface area (Å²) < 4.78 is 0. The number of rotatable bonds is 1. The molecule has 0 aliphatic carbocycles. The first kappa shape index (κ1) is 18.3. The van der Waals surface area contributed by atoms with E-state index in [2.05, 4.69) is 28.8 Å². The number of hydrogen-bond donors (Lipinski definition) is 1. The van der Waals surface area contributed by atoms with E-state index in [9.17, 15) is 4.79 Å². The lowest BCUT2D eigenvalue weighted by molar-refractivity contribution is 0.0942. The molecule has 0 radical (unpaired) electrons. The van der Waals surface area contributed by atoms with E-state index in [1.165, 1.54) is 11.3 Å². The van der Waals surface area contributed by atoms with E-state index in [4.69, 9.17) is 5.11 Å². The number of thiazole rings is 1. The maximum atomic E-state index is 10.5. The van der Waals surface area contributed by atoms with Gasteiger partial charge in [0.05, 0.1) is 11.0 Å². The van der Waals surface area contributed by atoms with Gasteiger partial charge in [-0.3, -0.25) is 4.79 Å². The van der Waals surface area contributed by atoms with Crippen molar-refractivity contribution in [1.82, 2.24) is 9.88 Å². The van der Waals surface area contributed by atoms with Crippen LogP contribution < -0.4 is 0 Å². The van der Waals surface area contributed by atoms with Gasteiger partial charge in [0.15, 0.2) is 11.3 Å². The molecule has 1 fully saturated rings. The Morgan fingerprint density at radius 2 is 2.00 bits per heavy atom. The van der Waals surface area contributed by atoms with Gasteiger partial charge in [0, 0.05) is 24.8 Å². The van der Waals surface area contributed by atoms with E-state index in [1.54, 1.807) is 6.20 Å². The second-order valence-corrected chi connectivity index (χ2v) is 6.85. The van der Waals surface area contributed by atoms with Gasteiger partial charge in [0.2, 0.25) is 0 Å². The van der Waals surface area contributed by atoms with Crippen LogP contribution in [0.4, 0.5) is 0 Å². The minimum atomic E-state index is -0.0220. The molecule has 0 bridgehead atoms. The smallest absolute Gasteiger partial charge is 0.167 e. The Morgan fingerprint density at radius 3 is 2.58 bits per heavy atom. The average molecular weight is 342 g/mol. The molecular formula is C19H22N2O2S. The lowest BCUT2D eigenvalue weighted by Gasteiger charge is -2.25. The highest BCUT2D eigenvalue weighted by Gasteiger charge is 2.12. The summed E-state index contributed by atoms with van der Waals surface area (Å²) in [5.41, 5.74) is 2.13. The van der Waals surface area contributed by atoms with E-state index in [0.29, 0.717) is 9.88 Å². The molecule has 0 unspecified atom stereocenters. The number of benzene rings is 1. The molecular weight excluding hydrogens is 320 g/mol. The molecule has 1 aliphatic heterocycles. The standard InChI is InChI=1S/C13H9NOS.C6H13NO/c1-10-4-2-3-5-11(10)6-7-13-14-8-12(9-15)16-13;1-7-4-2-6(8)3-5-7/h2-5,8-9H,1H3;6,8H,2-5H2,1H3. The van der Waals surface area contributed by atoms with Crippen molar-refractivity contribution in [3.8, 4) is 11.8 Å². The predicted octanol–water partition coefficient (Wildman–Crippen LogP) is 2.74. The number of nitrogens with zero attached hydrogens (tertiary/aromatic N) is 2. The molecule has 1 aliphatic rings. The third-order valence-corrected chi connectivity index (χ3v) is 4.62. The van der Waals surface area contributed by atoms with Crippen molar-refractivity contribution in [2.24, 2.45) is 0 Å². The fraction of sp³-hybridized carbons (Fsp3) is 0.368. The summed E-state index contributed by atoms with van der Waals surface area (Å²) >= 11 is 1.31. The number of likely N-dealkylation sites (tertiary alicyclic amines) is 1. The van der Waals surface area contributed by atoms with E-state index in [-0.39, 0.29) is 6.10 Å². The highest BCUT2D eigenvalue weighted by Crippen LogP contribution is 2.10. The van der Waals surface area contributed by atoms with Gasteiger partial charge in [0.25, 0.3) is 0 Å². The molecule has 1 aromatic carbocycles. The number of aromatic nitrogens is 1. The van der Waals surface area contributed by atoms with Crippen molar-refractivity contribution in [3.63, 3.8) is 0 Å². The molecule has 0 amide bonds. The monoisotopic (exact) mass is 342 g/mol. The maximum Gasteiger partial charge on any atom is 0.167 e. The summed E-state index contributed by atoms with van der Waals surface area (Å²) in [6, 6.07) is 7.92. The Bertz CT molecular complexity index is 712. The lowest BCUT2D eigenvalue weighted by Crippen LogP contribution is -2.32. The average Bonchev–Trinajstić information content (AvgIpc) is 3.05. The quantitative estimate of drug-likeness (QED) is 0.639. The lowest BCUT2D eigenvalue weighted by atomic mass is 10.1. The van der Waals surface area contributed by atoms with E-state index in [1.807, 2.05) is 31.2 Å². The molecule has 1 saturated heterocycles. The van der Waals surface area contributed by atoms with Crippen LogP contribution in [-0.2, 0) is 0 Å². The van der Waals surface area contributed by atoms with Crippen LogP contribution in [0.15, 0.2) is 30.5 Å². The summed E-state index contributed by atoms with van der Waals surface area (Å²) in [6.45, 7) is 4.13. The molecule has 0 spiro atoms. The molecule has 1 aromatic heterocycles. The highest BCUT2D eigenvalue weighted by atomic mass is 32.1. The number of carbonyl (C=O) groups excluding carboxylic acids is 1. The third-order valence-electron chi connectivity index (χ3n) is 3.78. The normalized spacial score (nSPS) is 15.0. The van der Waals surface area contributed by atoms with Crippen LogP contribution in [0, 0.1) is 18.8 Å². The van der Waals surface area contributed by atoms with Crippen LogP contribution in [0.3, 0.4) is 0 Å². The van der Waals surface area contributed by atoms with Gasteiger partial charge in [-0.25, -0.2) is 4.98 Å². The van der Waals surface area contributed by atoms with Crippen molar-refractivity contribution in [3.05, 3.63) is 51.5 Å². The minimum Gasteiger partial charge on any atom is -0.393 e. The number of aldehydes is 1. The van der Waals surface area contributed by atoms with Gasteiger partial charge >= 0.3 is 0 Å².